The first-order valence-corrected chi connectivity index (χ1v) is 12.1. The Kier molecular flexibility index (Phi) is 8.14. The molecule has 0 saturated heterocycles. The number of pyridine rings is 1. The highest BCUT2D eigenvalue weighted by Crippen LogP contribution is 2.35. The minimum absolute atomic E-state index is 0.0442. The van der Waals surface area contributed by atoms with Crippen LogP contribution in [0.2, 0.25) is 0 Å². The van der Waals surface area contributed by atoms with Gasteiger partial charge in [-0.2, -0.15) is 0 Å². The van der Waals surface area contributed by atoms with E-state index in [9.17, 15) is 9.59 Å². The van der Waals surface area contributed by atoms with E-state index in [0.29, 0.717) is 22.7 Å². The van der Waals surface area contributed by atoms with Crippen molar-refractivity contribution < 1.29 is 14.3 Å². The van der Waals surface area contributed by atoms with Crippen LogP contribution in [0.15, 0.2) is 103 Å². The number of hydrogen-bond donors (Lipinski definition) is 2. The lowest BCUT2D eigenvalue weighted by Gasteiger charge is -2.18. The molecule has 0 aliphatic rings. The summed E-state index contributed by atoms with van der Waals surface area (Å²) in [6, 6.07) is 28.8. The summed E-state index contributed by atoms with van der Waals surface area (Å²) in [5.41, 5.74) is 3.82. The molecule has 6 nitrogen and oxygen atoms in total. The van der Waals surface area contributed by atoms with Crippen LogP contribution in [0.4, 0.5) is 11.4 Å². The first-order chi connectivity index (χ1) is 17.1. The number of methoxy groups -OCH3 is 1. The van der Waals surface area contributed by atoms with Gasteiger partial charge in [0, 0.05) is 24.1 Å². The fourth-order valence-electron chi connectivity index (χ4n) is 3.56. The third-order valence-electron chi connectivity index (χ3n) is 5.24. The number of carbonyl (C=O) groups is 2. The molecule has 0 unspecified atom stereocenters. The van der Waals surface area contributed by atoms with E-state index in [1.807, 2.05) is 36.4 Å². The second-order valence-electron chi connectivity index (χ2n) is 7.67. The molecule has 2 N–H and O–H groups in total. The molecule has 35 heavy (non-hydrogen) atoms. The molecule has 0 fully saturated rings. The van der Waals surface area contributed by atoms with Gasteiger partial charge in [0.1, 0.15) is 5.75 Å². The first-order valence-electron chi connectivity index (χ1n) is 11.0. The third-order valence-corrected chi connectivity index (χ3v) is 6.55. The zero-order valence-corrected chi connectivity index (χ0v) is 20.0. The summed E-state index contributed by atoms with van der Waals surface area (Å²) in [6.07, 6.45) is 3.10. The fourth-order valence-corrected chi connectivity index (χ4v) is 4.65. The molecule has 7 heteroatoms. The van der Waals surface area contributed by atoms with Crippen LogP contribution in [0, 0.1) is 0 Å². The molecule has 0 spiro atoms. The Morgan fingerprint density at radius 1 is 0.886 bits per heavy atom. The average Bonchev–Trinajstić information content (AvgIpc) is 2.91. The lowest BCUT2D eigenvalue weighted by Crippen LogP contribution is -2.16. The van der Waals surface area contributed by atoms with Crippen molar-refractivity contribution in [2.24, 2.45) is 0 Å². The summed E-state index contributed by atoms with van der Waals surface area (Å²) in [7, 11) is 1.51. The molecule has 3 aromatic carbocycles. The van der Waals surface area contributed by atoms with Gasteiger partial charge in [-0.05, 0) is 35.4 Å². The summed E-state index contributed by atoms with van der Waals surface area (Å²) in [5.74, 6) is 0.300. The average molecular weight is 484 g/mol. The van der Waals surface area contributed by atoms with Crippen LogP contribution < -0.4 is 15.4 Å². The van der Waals surface area contributed by atoms with E-state index in [1.165, 1.54) is 13.3 Å². The molecule has 0 atom stereocenters. The summed E-state index contributed by atoms with van der Waals surface area (Å²) >= 11 is 1.57. The largest absolute Gasteiger partial charge is 0.494 e. The SMILES string of the molecule is COc1cc(NC(=O)CSC(c2ccccc2)c2ccccc2)ccc1NC(=O)c1cccnc1. The Balaban J connectivity index is 1.41. The van der Waals surface area contributed by atoms with E-state index in [-0.39, 0.29) is 22.8 Å². The Morgan fingerprint density at radius 3 is 2.17 bits per heavy atom. The zero-order chi connectivity index (χ0) is 24.5. The zero-order valence-electron chi connectivity index (χ0n) is 19.2. The third kappa shape index (κ3) is 6.49. The molecule has 176 valence electrons. The number of ether oxygens (including phenoxy) is 1. The van der Waals surface area contributed by atoms with Crippen LogP contribution in [-0.2, 0) is 4.79 Å². The number of anilines is 2. The van der Waals surface area contributed by atoms with E-state index in [4.69, 9.17) is 4.74 Å². The predicted octanol–water partition coefficient (Wildman–Crippen LogP) is 5.80. The van der Waals surface area contributed by atoms with Gasteiger partial charge in [0.25, 0.3) is 5.91 Å². The highest BCUT2D eigenvalue weighted by Gasteiger charge is 2.17. The number of nitrogens with one attached hydrogen (secondary N) is 2. The van der Waals surface area contributed by atoms with E-state index < -0.39 is 0 Å². The fraction of sp³-hybridized carbons (Fsp3) is 0.107. The van der Waals surface area contributed by atoms with Crippen LogP contribution >= 0.6 is 11.8 Å². The van der Waals surface area contributed by atoms with Gasteiger partial charge in [0.15, 0.2) is 0 Å². The van der Waals surface area contributed by atoms with Gasteiger partial charge in [-0.15, -0.1) is 11.8 Å². The number of benzene rings is 3. The number of nitrogens with zero attached hydrogens (tertiary/aromatic N) is 1. The molecule has 0 saturated carbocycles. The van der Waals surface area contributed by atoms with Crippen molar-refractivity contribution in [2.75, 3.05) is 23.5 Å². The van der Waals surface area contributed by atoms with Gasteiger partial charge in [-0.25, -0.2) is 0 Å². The Labute approximate surface area is 208 Å². The van der Waals surface area contributed by atoms with Crippen LogP contribution in [0.1, 0.15) is 26.7 Å². The molecule has 0 aliphatic carbocycles. The normalized spacial score (nSPS) is 10.6. The van der Waals surface area contributed by atoms with Crippen molar-refractivity contribution in [3.8, 4) is 5.75 Å². The Morgan fingerprint density at radius 2 is 1.57 bits per heavy atom. The van der Waals surface area contributed by atoms with Gasteiger partial charge in [-0.1, -0.05) is 60.7 Å². The summed E-state index contributed by atoms with van der Waals surface area (Å²) < 4.78 is 5.43. The van der Waals surface area contributed by atoms with Crippen molar-refractivity contribution in [1.29, 1.82) is 0 Å². The number of rotatable bonds is 9. The molecule has 1 heterocycles. The van der Waals surface area contributed by atoms with E-state index in [1.54, 1.807) is 48.3 Å². The van der Waals surface area contributed by atoms with E-state index >= 15 is 0 Å². The maximum Gasteiger partial charge on any atom is 0.257 e. The molecule has 1 aromatic heterocycles. The van der Waals surface area contributed by atoms with E-state index in [0.717, 1.165) is 11.1 Å². The molecule has 0 radical (unpaired) electrons. The minimum Gasteiger partial charge on any atom is -0.494 e. The number of thioether (sulfide) groups is 1. The van der Waals surface area contributed by atoms with Crippen molar-refractivity contribution in [2.45, 2.75) is 5.25 Å². The van der Waals surface area contributed by atoms with Crippen molar-refractivity contribution in [3.63, 3.8) is 0 Å². The lowest BCUT2D eigenvalue weighted by atomic mass is 10.0. The molecular formula is C28H25N3O3S. The number of amides is 2. The van der Waals surface area contributed by atoms with E-state index in [2.05, 4.69) is 39.9 Å². The minimum atomic E-state index is -0.294. The molecule has 2 amide bonds. The Bertz CT molecular complexity index is 1230. The second-order valence-corrected chi connectivity index (χ2v) is 8.76. The maximum atomic E-state index is 12.8. The van der Waals surface area contributed by atoms with Gasteiger partial charge < -0.3 is 15.4 Å². The van der Waals surface area contributed by atoms with Crippen LogP contribution in [-0.4, -0.2) is 29.7 Å². The molecule has 4 rings (SSSR count). The van der Waals surface area contributed by atoms with Gasteiger partial charge in [0.2, 0.25) is 5.91 Å². The smallest absolute Gasteiger partial charge is 0.257 e. The van der Waals surface area contributed by atoms with Gasteiger partial charge >= 0.3 is 0 Å². The van der Waals surface area contributed by atoms with Crippen LogP contribution in [0.5, 0.6) is 5.75 Å². The highest BCUT2D eigenvalue weighted by molar-refractivity contribution is 8.00. The van der Waals surface area contributed by atoms with Gasteiger partial charge in [-0.3, -0.25) is 14.6 Å². The summed E-state index contributed by atoms with van der Waals surface area (Å²) in [5, 5.41) is 5.78. The maximum absolute atomic E-state index is 12.8. The number of carbonyl (C=O) groups excluding carboxylic acids is 2. The van der Waals surface area contributed by atoms with Crippen LogP contribution in [0.3, 0.4) is 0 Å². The quantitative estimate of drug-likeness (QED) is 0.314. The Hall–Kier alpha value is -4.10. The van der Waals surface area contributed by atoms with Crippen molar-refractivity contribution in [1.82, 2.24) is 4.98 Å². The van der Waals surface area contributed by atoms with Crippen molar-refractivity contribution >= 4 is 35.0 Å². The molecule has 0 bridgehead atoms. The second kappa shape index (κ2) is 11.9. The lowest BCUT2D eigenvalue weighted by molar-refractivity contribution is -0.113. The number of hydrogen-bond acceptors (Lipinski definition) is 5. The first kappa shape index (κ1) is 24.0. The molecule has 4 aromatic rings. The summed E-state index contributed by atoms with van der Waals surface area (Å²) in [6.45, 7) is 0. The van der Waals surface area contributed by atoms with Crippen LogP contribution in [0.25, 0.3) is 0 Å². The summed E-state index contributed by atoms with van der Waals surface area (Å²) in [4.78, 5) is 29.2. The monoisotopic (exact) mass is 483 g/mol. The topological polar surface area (TPSA) is 80.3 Å². The number of aromatic nitrogens is 1. The highest BCUT2D eigenvalue weighted by atomic mass is 32.2. The van der Waals surface area contributed by atoms with Gasteiger partial charge in [0.05, 0.1) is 29.4 Å². The predicted molar refractivity (Wildman–Crippen MR) is 141 cm³/mol. The molecular weight excluding hydrogens is 458 g/mol. The standard InChI is InChI=1S/C28H25N3O3S/c1-34-25-17-23(14-15-24(25)31-28(33)22-13-8-16-29-18-22)30-26(32)19-35-27(20-9-4-2-5-10-20)21-11-6-3-7-12-21/h2-18,27H,19H2,1H3,(H,30,32)(H,31,33). The van der Waals surface area contributed by atoms with Crippen molar-refractivity contribution in [3.05, 3.63) is 120 Å². The molecule has 0 aliphatic heterocycles.